The van der Waals surface area contributed by atoms with E-state index in [4.69, 9.17) is 15.4 Å². The molecule has 0 unspecified atom stereocenters. The van der Waals surface area contributed by atoms with Crippen molar-refractivity contribution < 1.29 is 13.2 Å². The van der Waals surface area contributed by atoms with Crippen LogP contribution in [-0.2, 0) is 9.05 Å². The molecule has 2 aromatic rings. The minimum Gasteiger partial charge on any atom is -0.491 e. The molecule has 0 amide bonds. The van der Waals surface area contributed by atoms with E-state index in [2.05, 4.69) is 11.6 Å². The predicted octanol–water partition coefficient (Wildman–Crippen LogP) is 3.51. The van der Waals surface area contributed by atoms with Crippen molar-refractivity contribution >= 4 is 30.6 Å². The Hall–Kier alpha value is -1.59. The van der Waals surface area contributed by atoms with E-state index in [0.29, 0.717) is 23.3 Å². The lowest BCUT2D eigenvalue weighted by Crippen LogP contribution is -2.00. The van der Waals surface area contributed by atoms with Gasteiger partial charge in [-0.05, 0) is 31.2 Å². The normalized spacial score (nSPS) is 11.5. The lowest BCUT2D eigenvalue weighted by Gasteiger charge is -2.10. The first kappa shape index (κ1) is 14.8. The van der Waals surface area contributed by atoms with Crippen LogP contribution in [0.25, 0.3) is 10.9 Å². The molecule has 6 heteroatoms. The smallest absolute Gasteiger partial charge is 0.261 e. The third kappa shape index (κ3) is 3.29. The highest BCUT2D eigenvalue weighted by atomic mass is 35.7. The summed E-state index contributed by atoms with van der Waals surface area (Å²) < 4.78 is 28.7. The fourth-order valence-electron chi connectivity index (χ4n) is 1.78. The van der Waals surface area contributed by atoms with Crippen LogP contribution in [0.1, 0.15) is 13.3 Å². The topological polar surface area (TPSA) is 56.3 Å². The number of nitrogens with zero attached hydrogens (tertiary/aromatic N) is 1. The number of halogens is 1. The third-order valence-electron chi connectivity index (χ3n) is 2.74. The molecule has 1 aromatic heterocycles. The van der Waals surface area contributed by atoms with Crippen molar-refractivity contribution in [3.05, 3.63) is 42.6 Å². The molecule has 1 heterocycles. The second-order valence-electron chi connectivity index (χ2n) is 4.45. The van der Waals surface area contributed by atoms with Crippen molar-refractivity contribution in [3.63, 3.8) is 0 Å². The second kappa shape index (κ2) is 5.81. The fraction of sp³-hybridized carbons (Fsp3) is 0.214. The number of aromatic nitrogens is 1. The van der Waals surface area contributed by atoms with Gasteiger partial charge in [0.25, 0.3) is 9.05 Å². The lowest BCUT2D eigenvalue weighted by molar-refractivity contribution is 0.325. The van der Waals surface area contributed by atoms with Gasteiger partial charge in [-0.25, -0.2) is 8.42 Å². The van der Waals surface area contributed by atoms with Crippen LogP contribution in [0.5, 0.6) is 5.75 Å². The van der Waals surface area contributed by atoms with Gasteiger partial charge in [0, 0.05) is 28.7 Å². The van der Waals surface area contributed by atoms with E-state index in [9.17, 15) is 8.42 Å². The summed E-state index contributed by atoms with van der Waals surface area (Å²) in [5, 5.41) is 0.454. The van der Waals surface area contributed by atoms with Crippen LogP contribution >= 0.6 is 10.7 Å². The summed E-state index contributed by atoms with van der Waals surface area (Å²) >= 11 is 0. The highest BCUT2D eigenvalue weighted by molar-refractivity contribution is 8.14. The SMILES string of the molecule is C=C(C)CCOc1ccc(S(=O)(=O)Cl)c2cccnc12. The molecule has 2 rings (SSSR count). The molecule has 106 valence electrons. The van der Waals surface area contributed by atoms with Gasteiger partial charge in [-0.1, -0.05) is 5.57 Å². The van der Waals surface area contributed by atoms with E-state index in [-0.39, 0.29) is 4.90 Å². The first-order chi connectivity index (χ1) is 9.39. The molecule has 0 atom stereocenters. The number of benzene rings is 1. The summed E-state index contributed by atoms with van der Waals surface area (Å²) in [4.78, 5) is 4.22. The lowest BCUT2D eigenvalue weighted by atomic mass is 10.2. The van der Waals surface area contributed by atoms with Gasteiger partial charge in [-0.2, -0.15) is 0 Å². The van der Waals surface area contributed by atoms with E-state index >= 15 is 0 Å². The summed E-state index contributed by atoms with van der Waals surface area (Å²) in [6.07, 6.45) is 2.31. The van der Waals surface area contributed by atoms with Gasteiger partial charge in [0.05, 0.1) is 11.5 Å². The van der Waals surface area contributed by atoms with Crippen molar-refractivity contribution in [1.29, 1.82) is 0 Å². The number of ether oxygens (including phenoxy) is 1. The van der Waals surface area contributed by atoms with Crippen LogP contribution < -0.4 is 4.74 Å². The van der Waals surface area contributed by atoms with Crippen molar-refractivity contribution in [2.24, 2.45) is 0 Å². The first-order valence-corrected chi connectivity index (χ1v) is 8.30. The molecule has 0 saturated heterocycles. The fourth-order valence-corrected chi connectivity index (χ4v) is 2.85. The minimum atomic E-state index is -3.82. The van der Waals surface area contributed by atoms with Crippen LogP contribution in [0, 0.1) is 0 Å². The molecule has 4 nitrogen and oxygen atoms in total. The molecule has 0 aliphatic carbocycles. The maximum atomic E-state index is 11.5. The van der Waals surface area contributed by atoms with E-state index in [1.54, 1.807) is 24.4 Å². The molecule has 0 spiro atoms. The number of hydrogen-bond acceptors (Lipinski definition) is 4. The van der Waals surface area contributed by atoms with Crippen molar-refractivity contribution in [3.8, 4) is 5.75 Å². The first-order valence-electron chi connectivity index (χ1n) is 5.99. The Balaban J connectivity index is 2.46. The number of rotatable bonds is 5. The Kier molecular flexibility index (Phi) is 4.30. The van der Waals surface area contributed by atoms with Gasteiger partial charge < -0.3 is 4.74 Å². The van der Waals surface area contributed by atoms with Crippen LogP contribution in [0.15, 0.2) is 47.5 Å². The van der Waals surface area contributed by atoms with E-state index < -0.39 is 9.05 Å². The van der Waals surface area contributed by atoms with Gasteiger partial charge in [0.15, 0.2) is 0 Å². The summed E-state index contributed by atoms with van der Waals surface area (Å²) in [5.41, 5.74) is 1.50. The molecule has 0 bridgehead atoms. The van der Waals surface area contributed by atoms with Gasteiger partial charge in [0.2, 0.25) is 0 Å². The van der Waals surface area contributed by atoms with Crippen molar-refractivity contribution in [2.75, 3.05) is 6.61 Å². The van der Waals surface area contributed by atoms with Crippen LogP contribution in [0.4, 0.5) is 0 Å². The molecule has 0 fully saturated rings. The number of hydrogen-bond donors (Lipinski definition) is 0. The monoisotopic (exact) mass is 311 g/mol. The maximum absolute atomic E-state index is 11.5. The average molecular weight is 312 g/mol. The Morgan fingerprint density at radius 1 is 1.40 bits per heavy atom. The van der Waals surface area contributed by atoms with Gasteiger partial charge in [-0.15, -0.1) is 6.58 Å². The van der Waals surface area contributed by atoms with Crippen LogP contribution in [0.2, 0.25) is 0 Å². The Bertz CT molecular complexity index is 756. The molecule has 20 heavy (non-hydrogen) atoms. The van der Waals surface area contributed by atoms with E-state index in [0.717, 1.165) is 12.0 Å². The van der Waals surface area contributed by atoms with Crippen LogP contribution in [0.3, 0.4) is 0 Å². The largest absolute Gasteiger partial charge is 0.491 e. The van der Waals surface area contributed by atoms with E-state index in [1.807, 2.05) is 6.92 Å². The Morgan fingerprint density at radius 3 is 2.80 bits per heavy atom. The molecular weight excluding hydrogens is 298 g/mol. The Labute approximate surface area is 122 Å². The minimum absolute atomic E-state index is 0.0366. The van der Waals surface area contributed by atoms with Gasteiger partial charge in [0.1, 0.15) is 11.3 Å². The third-order valence-corrected chi connectivity index (χ3v) is 4.12. The zero-order valence-corrected chi connectivity index (χ0v) is 12.5. The van der Waals surface area contributed by atoms with Crippen LogP contribution in [-0.4, -0.2) is 20.0 Å². The van der Waals surface area contributed by atoms with Gasteiger partial charge >= 0.3 is 0 Å². The summed E-state index contributed by atoms with van der Waals surface area (Å²) in [7, 11) is 1.61. The Morgan fingerprint density at radius 2 is 2.15 bits per heavy atom. The predicted molar refractivity (Wildman–Crippen MR) is 79.7 cm³/mol. The molecule has 0 aliphatic rings. The quantitative estimate of drug-likeness (QED) is 0.626. The molecular formula is C14H14ClNO3S. The standard InChI is InChI=1S/C14H14ClNO3S/c1-10(2)7-9-19-12-5-6-13(20(15,17)18)11-4-3-8-16-14(11)12/h3-6,8H,1,7,9H2,2H3. The summed E-state index contributed by atoms with van der Waals surface area (Å²) in [5.74, 6) is 0.533. The molecule has 0 aliphatic heterocycles. The second-order valence-corrected chi connectivity index (χ2v) is 6.99. The van der Waals surface area contributed by atoms with Gasteiger partial charge in [-0.3, -0.25) is 4.98 Å². The highest BCUT2D eigenvalue weighted by Crippen LogP contribution is 2.31. The van der Waals surface area contributed by atoms with Crippen molar-refractivity contribution in [1.82, 2.24) is 4.98 Å². The summed E-state index contributed by atoms with van der Waals surface area (Å²) in [6.45, 7) is 6.19. The zero-order chi connectivity index (χ0) is 14.8. The number of pyridine rings is 1. The van der Waals surface area contributed by atoms with E-state index in [1.165, 1.54) is 6.07 Å². The van der Waals surface area contributed by atoms with Crippen molar-refractivity contribution in [2.45, 2.75) is 18.2 Å². The average Bonchev–Trinajstić information content (AvgIpc) is 2.37. The molecule has 0 N–H and O–H groups in total. The molecule has 0 saturated carbocycles. The number of fused-ring (bicyclic) bond motifs is 1. The zero-order valence-electron chi connectivity index (χ0n) is 11.0. The molecule has 0 radical (unpaired) electrons. The summed E-state index contributed by atoms with van der Waals surface area (Å²) in [6, 6.07) is 6.32. The maximum Gasteiger partial charge on any atom is 0.261 e. The highest BCUT2D eigenvalue weighted by Gasteiger charge is 2.17. The molecule has 1 aromatic carbocycles.